The van der Waals surface area contributed by atoms with E-state index in [0.29, 0.717) is 17.8 Å². The molecule has 1 nitrogen and oxygen atoms in total. The minimum atomic E-state index is 0.483. The van der Waals surface area contributed by atoms with Gasteiger partial charge in [-0.1, -0.05) is 56.3 Å². The van der Waals surface area contributed by atoms with Gasteiger partial charge in [-0.3, -0.25) is 0 Å². The highest BCUT2D eigenvalue weighted by Gasteiger charge is 2.12. The van der Waals surface area contributed by atoms with Gasteiger partial charge in [-0.2, -0.15) is 0 Å². The van der Waals surface area contributed by atoms with Gasteiger partial charge in [0.1, 0.15) is 0 Å². The molecule has 2 aromatic rings. The summed E-state index contributed by atoms with van der Waals surface area (Å²) in [5, 5.41) is 6.29. The van der Waals surface area contributed by atoms with Crippen LogP contribution in [-0.2, 0) is 6.54 Å². The van der Waals surface area contributed by atoms with Crippen LogP contribution in [0.25, 0.3) is 10.8 Å². The van der Waals surface area contributed by atoms with E-state index < -0.39 is 0 Å². The molecule has 0 saturated carbocycles. The zero-order chi connectivity index (χ0) is 13.7. The van der Waals surface area contributed by atoms with Gasteiger partial charge in [-0.05, 0) is 28.7 Å². The highest BCUT2D eigenvalue weighted by molar-refractivity contribution is 6.17. The van der Waals surface area contributed by atoms with Gasteiger partial charge in [0.25, 0.3) is 0 Å². The summed E-state index contributed by atoms with van der Waals surface area (Å²) >= 11 is 5.88. The van der Waals surface area contributed by atoms with Crippen LogP contribution in [0.3, 0.4) is 0 Å². The quantitative estimate of drug-likeness (QED) is 0.761. The number of rotatable bonds is 6. The molecule has 2 rings (SSSR count). The molecule has 19 heavy (non-hydrogen) atoms. The summed E-state index contributed by atoms with van der Waals surface area (Å²) in [4.78, 5) is 0. The molecule has 0 spiro atoms. The van der Waals surface area contributed by atoms with Crippen molar-refractivity contribution in [2.24, 2.45) is 5.92 Å². The second-order valence-corrected chi connectivity index (χ2v) is 5.73. The fraction of sp³-hybridized carbons (Fsp3) is 0.412. The summed E-state index contributed by atoms with van der Waals surface area (Å²) in [7, 11) is 0. The van der Waals surface area contributed by atoms with Crippen molar-refractivity contribution >= 4 is 22.4 Å². The highest BCUT2D eigenvalue weighted by Crippen LogP contribution is 2.19. The molecule has 1 atom stereocenters. The van der Waals surface area contributed by atoms with Gasteiger partial charge in [0.2, 0.25) is 0 Å². The van der Waals surface area contributed by atoms with Crippen LogP contribution in [0.4, 0.5) is 0 Å². The Morgan fingerprint density at radius 3 is 2.53 bits per heavy atom. The molecule has 0 bridgehead atoms. The average Bonchev–Trinajstić information content (AvgIpc) is 2.43. The van der Waals surface area contributed by atoms with Gasteiger partial charge in [0.05, 0.1) is 0 Å². The lowest BCUT2D eigenvalue weighted by Crippen LogP contribution is -2.33. The van der Waals surface area contributed by atoms with Crippen LogP contribution >= 0.6 is 11.6 Å². The maximum Gasteiger partial charge on any atom is 0.0238 e. The van der Waals surface area contributed by atoms with Crippen molar-refractivity contribution in [3.8, 4) is 0 Å². The summed E-state index contributed by atoms with van der Waals surface area (Å²) in [5.41, 5.74) is 1.36. The van der Waals surface area contributed by atoms with E-state index in [9.17, 15) is 0 Å². The predicted molar refractivity (Wildman–Crippen MR) is 84.8 cm³/mol. The minimum Gasteiger partial charge on any atom is -0.310 e. The third kappa shape index (κ3) is 3.71. The predicted octanol–water partition coefficient (Wildman–Crippen LogP) is 4.58. The van der Waals surface area contributed by atoms with Crippen molar-refractivity contribution in [2.45, 2.75) is 32.9 Å². The van der Waals surface area contributed by atoms with Gasteiger partial charge in [-0.15, -0.1) is 11.6 Å². The largest absolute Gasteiger partial charge is 0.310 e. The Bertz CT molecular complexity index is 516. The summed E-state index contributed by atoms with van der Waals surface area (Å²) < 4.78 is 0. The van der Waals surface area contributed by atoms with Crippen LogP contribution in [0.15, 0.2) is 42.5 Å². The summed E-state index contributed by atoms with van der Waals surface area (Å²) in [6.07, 6.45) is 1.02. The summed E-state index contributed by atoms with van der Waals surface area (Å²) in [5.74, 6) is 1.32. The molecule has 1 N–H and O–H groups in total. The monoisotopic (exact) mass is 275 g/mol. The summed E-state index contributed by atoms with van der Waals surface area (Å²) in [6.45, 7) is 5.39. The van der Waals surface area contributed by atoms with Gasteiger partial charge >= 0.3 is 0 Å². The van der Waals surface area contributed by atoms with Crippen molar-refractivity contribution in [3.63, 3.8) is 0 Å². The lowest BCUT2D eigenvalue weighted by atomic mass is 10.00. The number of fused-ring (bicyclic) bond motifs is 1. The van der Waals surface area contributed by atoms with Crippen molar-refractivity contribution in [2.75, 3.05) is 5.88 Å². The van der Waals surface area contributed by atoms with E-state index in [1.54, 1.807) is 0 Å². The molecule has 0 fully saturated rings. The second kappa shape index (κ2) is 6.93. The Balaban J connectivity index is 2.13. The molecule has 0 aliphatic heterocycles. The molecule has 0 aliphatic rings. The van der Waals surface area contributed by atoms with Crippen LogP contribution in [0.5, 0.6) is 0 Å². The Hall–Kier alpha value is -1.05. The van der Waals surface area contributed by atoms with Gasteiger partial charge in [0, 0.05) is 18.5 Å². The minimum absolute atomic E-state index is 0.483. The first-order valence-electron chi connectivity index (χ1n) is 6.98. The number of benzene rings is 2. The van der Waals surface area contributed by atoms with Crippen LogP contribution in [-0.4, -0.2) is 11.9 Å². The van der Waals surface area contributed by atoms with Gasteiger partial charge < -0.3 is 5.32 Å². The molecule has 2 heteroatoms. The number of hydrogen-bond donors (Lipinski definition) is 1. The smallest absolute Gasteiger partial charge is 0.0238 e. The lowest BCUT2D eigenvalue weighted by Gasteiger charge is -2.22. The number of alkyl halides is 1. The molecular weight excluding hydrogens is 254 g/mol. The topological polar surface area (TPSA) is 12.0 Å². The van der Waals surface area contributed by atoms with E-state index in [1.165, 1.54) is 16.3 Å². The fourth-order valence-electron chi connectivity index (χ4n) is 2.48. The Morgan fingerprint density at radius 2 is 1.79 bits per heavy atom. The normalized spacial score (nSPS) is 13.1. The Labute approximate surface area is 121 Å². The number of nitrogens with one attached hydrogen (secondary N) is 1. The second-order valence-electron chi connectivity index (χ2n) is 5.35. The van der Waals surface area contributed by atoms with Crippen LogP contribution in [0.2, 0.25) is 0 Å². The van der Waals surface area contributed by atoms with Gasteiger partial charge in [-0.25, -0.2) is 0 Å². The highest BCUT2D eigenvalue weighted by atomic mass is 35.5. The fourth-order valence-corrected chi connectivity index (χ4v) is 2.71. The Kier molecular flexibility index (Phi) is 5.24. The Morgan fingerprint density at radius 1 is 1.05 bits per heavy atom. The molecule has 0 radical (unpaired) electrons. The van der Waals surface area contributed by atoms with Crippen LogP contribution < -0.4 is 5.32 Å². The van der Waals surface area contributed by atoms with E-state index in [-0.39, 0.29) is 0 Å². The molecule has 0 heterocycles. The van der Waals surface area contributed by atoms with E-state index in [1.807, 2.05) is 0 Å². The standard InChI is InChI=1S/C17H22ClN/c1-13(2)17(10-11-18)19-12-15-8-5-7-14-6-3-4-9-16(14)15/h3-9,13,17,19H,10-12H2,1-2H3. The molecule has 1 unspecified atom stereocenters. The van der Waals surface area contributed by atoms with E-state index in [2.05, 4.69) is 61.6 Å². The van der Waals surface area contributed by atoms with E-state index in [0.717, 1.165) is 13.0 Å². The molecule has 0 aromatic heterocycles. The summed E-state index contributed by atoms with van der Waals surface area (Å²) in [6, 6.07) is 15.5. The first kappa shape index (κ1) is 14.4. The number of hydrogen-bond acceptors (Lipinski definition) is 1. The molecular formula is C17H22ClN. The van der Waals surface area contributed by atoms with Crippen LogP contribution in [0, 0.1) is 5.92 Å². The number of halogens is 1. The molecule has 0 amide bonds. The molecule has 2 aromatic carbocycles. The SMILES string of the molecule is CC(C)C(CCCl)NCc1cccc2ccccc12. The maximum absolute atomic E-state index is 5.88. The third-order valence-corrected chi connectivity index (χ3v) is 3.88. The average molecular weight is 276 g/mol. The van der Waals surface area contributed by atoms with E-state index in [4.69, 9.17) is 11.6 Å². The first-order valence-corrected chi connectivity index (χ1v) is 7.52. The van der Waals surface area contributed by atoms with Crippen molar-refractivity contribution < 1.29 is 0 Å². The zero-order valence-electron chi connectivity index (χ0n) is 11.7. The zero-order valence-corrected chi connectivity index (χ0v) is 12.5. The third-order valence-electron chi connectivity index (χ3n) is 3.66. The van der Waals surface area contributed by atoms with Gasteiger partial charge in [0.15, 0.2) is 0 Å². The van der Waals surface area contributed by atoms with Crippen molar-refractivity contribution in [3.05, 3.63) is 48.0 Å². The molecule has 0 aliphatic carbocycles. The lowest BCUT2D eigenvalue weighted by molar-refractivity contribution is 0.389. The van der Waals surface area contributed by atoms with Crippen molar-refractivity contribution in [1.82, 2.24) is 5.32 Å². The maximum atomic E-state index is 5.88. The van der Waals surface area contributed by atoms with Crippen LogP contribution in [0.1, 0.15) is 25.8 Å². The van der Waals surface area contributed by atoms with Crippen molar-refractivity contribution in [1.29, 1.82) is 0 Å². The van der Waals surface area contributed by atoms with E-state index >= 15 is 0 Å². The first-order chi connectivity index (χ1) is 9.22. The molecule has 102 valence electrons. The molecule has 0 saturated heterocycles.